The molecule has 4 aromatic heterocycles. The van der Waals surface area contributed by atoms with Crippen LogP contribution in [0.4, 0.5) is 5.82 Å². The Bertz CT molecular complexity index is 1520. The van der Waals surface area contributed by atoms with Gasteiger partial charge in [-0.2, -0.15) is 5.10 Å². The van der Waals surface area contributed by atoms with Crippen LogP contribution in [-0.2, 0) is 4.79 Å². The second kappa shape index (κ2) is 7.98. The highest BCUT2D eigenvalue weighted by Crippen LogP contribution is 2.38. The molecule has 6 rings (SSSR count). The topological polar surface area (TPSA) is 103 Å². The average Bonchev–Trinajstić information content (AvgIpc) is 3.53. The molecule has 0 atom stereocenters. The van der Waals surface area contributed by atoms with Gasteiger partial charge in [-0.3, -0.25) is 14.5 Å². The minimum Gasteiger partial charge on any atom is -0.452 e. The third-order valence-electron chi connectivity index (χ3n) is 6.73. The van der Waals surface area contributed by atoms with E-state index in [0.717, 1.165) is 64.5 Å². The Labute approximate surface area is 196 Å². The van der Waals surface area contributed by atoms with Gasteiger partial charge in [-0.25, -0.2) is 4.98 Å². The number of furan rings is 1. The Kier molecular flexibility index (Phi) is 4.79. The first-order valence-electron chi connectivity index (χ1n) is 11.4. The van der Waals surface area contributed by atoms with Gasteiger partial charge in [-0.15, -0.1) is 0 Å². The predicted octanol–water partition coefficient (Wildman–Crippen LogP) is 4.67. The summed E-state index contributed by atoms with van der Waals surface area (Å²) in [7, 11) is 0. The molecule has 1 aromatic carbocycles. The first-order chi connectivity index (χ1) is 16.6. The highest BCUT2D eigenvalue weighted by Gasteiger charge is 2.23. The second-order valence-electron chi connectivity index (χ2n) is 8.76. The Hall–Kier alpha value is -4.20. The van der Waals surface area contributed by atoms with E-state index in [9.17, 15) is 4.79 Å². The first-order valence-corrected chi connectivity index (χ1v) is 11.4. The van der Waals surface area contributed by atoms with Gasteiger partial charge in [0.15, 0.2) is 11.4 Å². The van der Waals surface area contributed by atoms with E-state index >= 15 is 0 Å². The van der Waals surface area contributed by atoms with Crippen LogP contribution in [-0.4, -0.2) is 43.6 Å². The van der Waals surface area contributed by atoms with Crippen LogP contribution in [0.5, 0.6) is 0 Å². The quantitative estimate of drug-likeness (QED) is 0.427. The highest BCUT2D eigenvalue weighted by atomic mass is 16.3. The fourth-order valence-corrected chi connectivity index (χ4v) is 4.86. The molecule has 34 heavy (non-hydrogen) atoms. The number of nitrogens with two attached hydrogens (primary N) is 1. The molecule has 1 aliphatic heterocycles. The number of benzene rings is 1. The lowest BCUT2D eigenvalue weighted by Crippen LogP contribution is -2.37. The molecule has 0 saturated carbocycles. The van der Waals surface area contributed by atoms with Crippen LogP contribution in [0.15, 0.2) is 65.7 Å². The van der Waals surface area contributed by atoms with Gasteiger partial charge in [0.2, 0.25) is 5.91 Å². The van der Waals surface area contributed by atoms with Crippen molar-refractivity contribution in [3.8, 4) is 22.5 Å². The van der Waals surface area contributed by atoms with E-state index in [1.165, 1.54) is 0 Å². The van der Waals surface area contributed by atoms with Crippen molar-refractivity contribution < 1.29 is 9.21 Å². The predicted molar refractivity (Wildman–Crippen MR) is 131 cm³/mol. The summed E-state index contributed by atoms with van der Waals surface area (Å²) in [6.07, 6.45) is 11.1. The smallest absolute Gasteiger partial charge is 0.219 e. The molecule has 1 amide bonds. The van der Waals surface area contributed by atoms with Crippen LogP contribution in [0.2, 0.25) is 0 Å². The van der Waals surface area contributed by atoms with Crippen molar-refractivity contribution in [3.63, 3.8) is 0 Å². The zero-order valence-electron chi connectivity index (χ0n) is 18.8. The number of rotatable bonds is 3. The summed E-state index contributed by atoms with van der Waals surface area (Å²) >= 11 is 0. The Morgan fingerprint density at radius 2 is 1.94 bits per heavy atom. The van der Waals surface area contributed by atoms with Crippen molar-refractivity contribution in [2.75, 3.05) is 18.8 Å². The number of carbonyl (C=O) groups excluding carboxylic acids is 1. The van der Waals surface area contributed by atoms with Crippen LogP contribution in [0, 0.1) is 0 Å². The summed E-state index contributed by atoms with van der Waals surface area (Å²) in [6, 6.07) is 10.4. The monoisotopic (exact) mass is 452 g/mol. The number of carbonyl (C=O) groups is 1. The van der Waals surface area contributed by atoms with E-state index < -0.39 is 0 Å². The maximum atomic E-state index is 11.6. The van der Waals surface area contributed by atoms with E-state index in [0.29, 0.717) is 11.4 Å². The second-order valence-corrected chi connectivity index (χ2v) is 8.76. The molecule has 1 saturated heterocycles. The number of pyridine rings is 2. The Morgan fingerprint density at radius 3 is 2.76 bits per heavy atom. The molecule has 1 fully saturated rings. The van der Waals surface area contributed by atoms with Crippen LogP contribution in [0.3, 0.4) is 0 Å². The first kappa shape index (κ1) is 20.4. The lowest BCUT2D eigenvalue weighted by molar-refractivity contribution is -0.130. The lowest BCUT2D eigenvalue weighted by atomic mass is 10.0. The number of nitrogens with zero attached hydrogens (tertiary/aromatic N) is 5. The molecule has 0 bridgehead atoms. The molecule has 5 aromatic rings. The zero-order valence-corrected chi connectivity index (χ0v) is 18.8. The van der Waals surface area contributed by atoms with Crippen molar-refractivity contribution >= 4 is 33.5 Å². The number of aromatic nitrogens is 4. The van der Waals surface area contributed by atoms with Gasteiger partial charge in [-0.1, -0.05) is 18.2 Å². The fourth-order valence-electron chi connectivity index (χ4n) is 4.86. The van der Waals surface area contributed by atoms with Crippen molar-refractivity contribution in [1.29, 1.82) is 0 Å². The number of piperidine rings is 1. The van der Waals surface area contributed by atoms with Gasteiger partial charge >= 0.3 is 0 Å². The number of anilines is 1. The number of amides is 1. The van der Waals surface area contributed by atoms with E-state index in [-0.39, 0.29) is 11.9 Å². The Balaban J connectivity index is 1.38. The molecular weight excluding hydrogens is 428 g/mol. The molecule has 8 nitrogen and oxygen atoms in total. The van der Waals surface area contributed by atoms with Gasteiger partial charge in [0.1, 0.15) is 5.76 Å². The van der Waals surface area contributed by atoms with Gasteiger partial charge in [0.05, 0.1) is 12.2 Å². The summed E-state index contributed by atoms with van der Waals surface area (Å²) in [5.41, 5.74) is 9.60. The lowest BCUT2D eigenvalue weighted by Gasteiger charge is -2.31. The maximum Gasteiger partial charge on any atom is 0.219 e. The van der Waals surface area contributed by atoms with Gasteiger partial charge < -0.3 is 15.1 Å². The molecule has 0 radical (unpaired) electrons. The van der Waals surface area contributed by atoms with E-state index in [1.54, 1.807) is 19.3 Å². The van der Waals surface area contributed by atoms with Crippen molar-refractivity contribution in [1.82, 2.24) is 24.6 Å². The number of hydrogen-bond acceptors (Lipinski definition) is 6. The molecule has 1 aliphatic rings. The number of likely N-dealkylation sites (tertiary alicyclic amines) is 1. The maximum absolute atomic E-state index is 11.6. The molecule has 0 unspecified atom stereocenters. The average molecular weight is 453 g/mol. The summed E-state index contributed by atoms with van der Waals surface area (Å²) < 4.78 is 8.24. The summed E-state index contributed by atoms with van der Waals surface area (Å²) in [5.74, 6) is 1.21. The molecule has 8 heteroatoms. The van der Waals surface area contributed by atoms with Crippen molar-refractivity contribution in [2.24, 2.45) is 0 Å². The van der Waals surface area contributed by atoms with E-state index in [2.05, 4.69) is 27.3 Å². The van der Waals surface area contributed by atoms with Crippen LogP contribution in [0.1, 0.15) is 25.8 Å². The van der Waals surface area contributed by atoms with Crippen LogP contribution < -0.4 is 5.73 Å². The normalized spacial score (nSPS) is 14.8. The third kappa shape index (κ3) is 3.39. The van der Waals surface area contributed by atoms with Crippen LogP contribution in [0.25, 0.3) is 44.2 Å². The van der Waals surface area contributed by atoms with Crippen molar-refractivity contribution in [2.45, 2.75) is 25.8 Å². The minimum atomic E-state index is 0.132. The van der Waals surface area contributed by atoms with Gasteiger partial charge in [-0.05, 0) is 30.4 Å². The zero-order chi connectivity index (χ0) is 23.2. The van der Waals surface area contributed by atoms with Gasteiger partial charge in [0.25, 0.3) is 0 Å². The number of hydrogen-bond donors (Lipinski definition) is 1. The van der Waals surface area contributed by atoms with Gasteiger partial charge in [0, 0.05) is 72.3 Å². The fraction of sp³-hybridized carbons (Fsp3) is 0.231. The minimum absolute atomic E-state index is 0.132. The van der Waals surface area contributed by atoms with Crippen molar-refractivity contribution in [3.05, 3.63) is 61.3 Å². The molecule has 5 heterocycles. The number of fused-ring (bicyclic) bond motifs is 2. The highest BCUT2D eigenvalue weighted by molar-refractivity contribution is 6.03. The molecule has 0 spiro atoms. The van der Waals surface area contributed by atoms with Crippen LogP contribution >= 0.6 is 0 Å². The third-order valence-corrected chi connectivity index (χ3v) is 6.73. The Morgan fingerprint density at radius 1 is 1.09 bits per heavy atom. The standard InChI is InChI=1S/C26H24N6O2/c1-16(33)31-9-6-19(7-10-31)32-15-18(12-30-32)23-14-29-26(27)25-21(23)11-24(34-25)20-4-2-3-17-5-8-28-13-22(17)20/h2-5,8,11-15,19H,6-7,9-10H2,1H3,(H2,27,29). The summed E-state index contributed by atoms with van der Waals surface area (Å²) in [4.78, 5) is 22.2. The molecule has 2 N–H and O–H groups in total. The SMILES string of the molecule is CC(=O)N1CCC(n2cc(-c3cnc(N)c4oc(-c5cccc6ccncc56)cc34)cn2)CC1. The molecule has 0 aliphatic carbocycles. The number of nitrogen functional groups attached to an aromatic ring is 1. The summed E-state index contributed by atoms with van der Waals surface area (Å²) in [5, 5.41) is 7.64. The molecular formula is C26H24N6O2. The largest absolute Gasteiger partial charge is 0.452 e. The summed E-state index contributed by atoms with van der Waals surface area (Å²) in [6.45, 7) is 3.14. The van der Waals surface area contributed by atoms with E-state index in [4.69, 9.17) is 10.2 Å². The van der Waals surface area contributed by atoms with E-state index in [1.807, 2.05) is 46.2 Å². The molecule has 170 valence electrons.